The second-order valence-corrected chi connectivity index (χ2v) is 9.18. The first-order valence-electron chi connectivity index (χ1n) is 11.1. The molecule has 4 aromatic rings. The normalized spacial score (nSPS) is 15.4. The summed E-state index contributed by atoms with van der Waals surface area (Å²) in [6.07, 6.45) is 6.07. The average Bonchev–Trinajstić information content (AvgIpc) is 3.32. The number of hydrogen-bond donors (Lipinski definition) is 2. The number of aromatic carboxylic acids is 1. The van der Waals surface area contributed by atoms with Crippen LogP contribution in [0.25, 0.3) is 16.6 Å². The Balaban J connectivity index is 1.60. The number of hydrogen-bond acceptors (Lipinski definition) is 6. The van der Waals surface area contributed by atoms with Crippen molar-refractivity contribution in [2.45, 2.75) is 18.9 Å². The largest absolute Gasteiger partial charge is 0.477 e. The van der Waals surface area contributed by atoms with Crippen LogP contribution in [0.5, 0.6) is 5.88 Å². The molecule has 184 valence electrons. The van der Waals surface area contributed by atoms with Crippen molar-refractivity contribution in [2.75, 3.05) is 18.1 Å². The van der Waals surface area contributed by atoms with E-state index in [2.05, 4.69) is 14.9 Å². The average molecular weight is 527 g/mol. The maximum Gasteiger partial charge on any atom is 0.341 e. The molecule has 1 aromatic carbocycles. The Bertz CT molecular complexity index is 1580. The van der Waals surface area contributed by atoms with Crippen molar-refractivity contribution in [3.05, 3.63) is 91.2 Å². The minimum Gasteiger partial charge on any atom is -0.477 e. The number of anilines is 1. The minimum absolute atomic E-state index is 0.0235. The number of benzene rings is 1. The molecule has 1 aliphatic rings. The SMILES string of the molecule is O=C(O)c1cn(-c2ccc(=O)[nH]c2)c2cc(N3CCC[C@@H]3COc3ncccc3Cl)c(Cl)cc2c1=O. The highest BCUT2D eigenvalue weighted by molar-refractivity contribution is 6.34. The lowest BCUT2D eigenvalue weighted by Crippen LogP contribution is -2.34. The van der Waals surface area contributed by atoms with Gasteiger partial charge >= 0.3 is 5.97 Å². The molecule has 9 nitrogen and oxygen atoms in total. The first-order valence-corrected chi connectivity index (χ1v) is 11.9. The molecule has 1 saturated heterocycles. The van der Waals surface area contributed by atoms with E-state index < -0.39 is 17.0 Å². The number of aromatic amines is 1. The number of pyridine rings is 3. The Morgan fingerprint density at radius 2 is 2.03 bits per heavy atom. The van der Waals surface area contributed by atoms with Gasteiger partial charge < -0.3 is 24.3 Å². The number of H-pyrrole nitrogens is 1. The van der Waals surface area contributed by atoms with Gasteiger partial charge in [0.25, 0.3) is 0 Å². The molecule has 11 heteroatoms. The summed E-state index contributed by atoms with van der Waals surface area (Å²) in [6.45, 7) is 1.04. The second kappa shape index (κ2) is 9.67. The third-order valence-electron chi connectivity index (χ3n) is 6.17. The maximum atomic E-state index is 13.0. The lowest BCUT2D eigenvalue weighted by Gasteiger charge is -2.28. The number of fused-ring (bicyclic) bond motifs is 1. The molecule has 1 fully saturated rings. The minimum atomic E-state index is -1.36. The molecule has 0 aliphatic carbocycles. The molecular weight excluding hydrogens is 507 g/mol. The van der Waals surface area contributed by atoms with E-state index in [0.29, 0.717) is 46.0 Å². The third-order valence-corrected chi connectivity index (χ3v) is 6.76. The zero-order valence-corrected chi connectivity index (χ0v) is 20.3. The highest BCUT2D eigenvalue weighted by atomic mass is 35.5. The van der Waals surface area contributed by atoms with Crippen LogP contribution in [0.3, 0.4) is 0 Å². The quantitative estimate of drug-likeness (QED) is 0.387. The van der Waals surface area contributed by atoms with Crippen molar-refractivity contribution in [1.29, 1.82) is 0 Å². The number of halogens is 2. The number of nitrogens with zero attached hydrogens (tertiary/aromatic N) is 3. The molecule has 36 heavy (non-hydrogen) atoms. The Morgan fingerprint density at radius 1 is 1.19 bits per heavy atom. The number of nitrogens with one attached hydrogen (secondary N) is 1. The van der Waals surface area contributed by atoms with E-state index >= 15 is 0 Å². The van der Waals surface area contributed by atoms with E-state index in [1.807, 2.05) is 0 Å². The first-order chi connectivity index (χ1) is 17.3. The van der Waals surface area contributed by atoms with Crippen LogP contribution in [0.1, 0.15) is 23.2 Å². The molecule has 0 unspecified atom stereocenters. The van der Waals surface area contributed by atoms with E-state index in [0.717, 1.165) is 12.8 Å². The van der Waals surface area contributed by atoms with E-state index in [-0.39, 0.29) is 17.0 Å². The summed E-state index contributed by atoms with van der Waals surface area (Å²) >= 11 is 12.8. The number of carboxylic acids is 1. The van der Waals surface area contributed by atoms with Crippen molar-refractivity contribution in [3.63, 3.8) is 0 Å². The van der Waals surface area contributed by atoms with Crippen molar-refractivity contribution < 1.29 is 14.6 Å². The monoisotopic (exact) mass is 526 g/mol. The van der Waals surface area contributed by atoms with Gasteiger partial charge in [-0.1, -0.05) is 23.2 Å². The first kappa shape index (κ1) is 23.9. The van der Waals surface area contributed by atoms with Crippen LogP contribution < -0.4 is 20.6 Å². The molecule has 0 bridgehead atoms. The molecule has 1 atom stereocenters. The second-order valence-electron chi connectivity index (χ2n) is 8.37. The zero-order chi connectivity index (χ0) is 25.4. The fourth-order valence-electron chi connectivity index (χ4n) is 4.45. The summed E-state index contributed by atoms with van der Waals surface area (Å²) in [4.78, 5) is 45.2. The molecule has 1 aliphatic heterocycles. The van der Waals surface area contributed by atoms with Gasteiger partial charge in [-0.05, 0) is 43.2 Å². The summed E-state index contributed by atoms with van der Waals surface area (Å²) in [5, 5.41) is 10.5. The van der Waals surface area contributed by atoms with E-state index in [1.54, 1.807) is 35.0 Å². The lowest BCUT2D eigenvalue weighted by molar-refractivity contribution is 0.0695. The van der Waals surface area contributed by atoms with Crippen LogP contribution in [-0.4, -0.2) is 44.8 Å². The maximum absolute atomic E-state index is 13.0. The van der Waals surface area contributed by atoms with E-state index in [9.17, 15) is 19.5 Å². The highest BCUT2D eigenvalue weighted by Crippen LogP contribution is 2.36. The molecule has 4 heterocycles. The van der Waals surface area contributed by atoms with Crippen molar-refractivity contribution in [1.82, 2.24) is 14.5 Å². The lowest BCUT2D eigenvalue weighted by atomic mass is 10.1. The van der Waals surface area contributed by atoms with Gasteiger partial charge in [-0.2, -0.15) is 0 Å². The summed E-state index contributed by atoms with van der Waals surface area (Å²) < 4.78 is 7.44. The number of carboxylic acid groups (broad SMARTS) is 1. The summed E-state index contributed by atoms with van der Waals surface area (Å²) in [6, 6.07) is 9.54. The molecule has 0 radical (unpaired) electrons. The van der Waals surface area contributed by atoms with Crippen molar-refractivity contribution in [3.8, 4) is 11.6 Å². The Morgan fingerprint density at radius 3 is 2.75 bits per heavy atom. The smallest absolute Gasteiger partial charge is 0.341 e. The summed E-state index contributed by atoms with van der Waals surface area (Å²) in [5.74, 6) is -1.01. The van der Waals surface area contributed by atoms with Gasteiger partial charge in [0.05, 0.1) is 28.0 Å². The van der Waals surface area contributed by atoms with Crippen molar-refractivity contribution in [2.24, 2.45) is 0 Å². The predicted octanol–water partition coefficient (Wildman–Crippen LogP) is 4.13. The number of carbonyl (C=O) groups is 1. The van der Waals surface area contributed by atoms with Gasteiger partial charge in [0, 0.05) is 36.6 Å². The van der Waals surface area contributed by atoms with E-state index in [4.69, 9.17) is 27.9 Å². The van der Waals surface area contributed by atoms with E-state index in [1.165, 1.54) is 24.5 Å². The predicted molar refractivity (Wildman–Crippen MR) is 137 cm³/mol. The highest BCUT2D eigenvalue weighted by Gasteiger charge is 2.28. The van der Waals surface area contributed by atoms with Gasteiger partial charge in [0.15, 0.2) is 0 Å². The molecule has 0 amide bonds. The van der Waals surface area contributed by atoms with Crippen LogP contribution in [0.2, 0.25) is 10.0 Å². The number of aromatic nitrogens is 3. The summed E-state index contributed by atoms with van der Waals surface area (Å²) in [7, 11) is 0. The Labute approximate surface area is 214 Å². The topological polar surface area (TPSA) is 118 Å². The van der Waals surface area contributed by atoms with Crippen LogP contribution in [0.4, 0.5) is 5.69 Å². The number of ether oxygens (including phenoxy) is 1. The van der Waals surface area contributed by atoms with Gasteiger partial charge in [0.1, 0.15) is 17.2 Å². The Hall–Kier alpha value is -3.82. The summed E-state index contributed by atoms with van der Waals surface area (Å²) in [5.41, 5.74) is 0.273. The fraction of sp³-hybridized carbons (Fsp3) is 0.200. The molecular formula is C25H20Cl2N4O5. The fourth-order valence-corrected chi connectivity index (χ4v) is 4.90. The standard InChI is InChI=1S/C25H20Cl2N4O5/c26-18-4-1-7-28-24(18)36-13-15-3-2-8-30(15)21-10-20-16(9-19(21)27)23(33)17(25(34)35)12-31(20)14-5-6-22(32)29-11-14/h1,4-7,9-12,15H,2-3,8,13H2,(H,29,32)(H,34,35)/t15-/m1/s1. The molecule has 3 aromatic heterocycles. The van der Waals surface area contributed by atoms with Crippen LogP contribution >= 0.6 is 23.2 Å². The molecule has 0 spiro atoms. The third kappa shape index (κ3) is 4.43. The molecule has 0 saturated carbocycles. The molecule has 2 N–H and O–H groups in total. The Kier molecular flexibility index (Phi) is 6.42. The van der Waals surface area contributed by atoms with Crippen LogP contribution in [0, 0.1) is 0 Å². The van der Waals surface area contributed by atoms with Gasteiger partial charge in [-0.3, -0.25) is 9.59 Å². The van der Waals surface area contributed by atoms with Crippen LogP contribution in [0.15, 0.2) is 64.6 Å². The van der Waals surface area contributed by atoms with Crippen LogP contribution in [-0.2, 0) is 0 Å². The molecule has 5 rings (SSSR count). The van der Waals surface area contributed by atoms with Gasteiger partial charge in [-0.25, -0.2) is 9.78 Å². The zero-order valence-electron chi connectivity index (χ0n) is 18.8. The number of rotatable bonds is 6. The van der Waals surface area contributed by atoms with Crippen molar-refractivity contribution >= 4 is 45.8 Å². The van der Waals surface area contributed by atoms with Gasteiger partial charge in [-0.15, -0.1) is 0 Å². The van der Waals surface area contributed by atoms with Gasteiger partial charge in [0.2, 0.25) is 16.9 Å².